The van der Waals surface area contributed by atoms with Crippen molar-refractivity contribution in [3.63, 3.8) is 0 Å². The molecular formula is C24H23FN4O3. The summed E-state index contributed by atoms with van der Waals surface area (Å²) in [6.45, 7) is 2.14. The number of benzene rings is 2. The monoisotopic (exact) mass is 434 g/mol. The van der Waals surface area contributed by atoms with E-state index in [1.807, 2.05) is 25.1 Å². The fourth-order valence-corrected chi connectivity index (χ4v) is 3.51. The molecule has 2 aromatic carbocycles. The molecule has 0 saturated carbocycles. The van der Waals surface area contributed by atoms with Crippen LogP contribution in [0.5, 0.6) is 0 Å². The first-order valence-electron chi connectivity index (χ1n) is 10.5. The molecule has 4 rings (SSSR count). The average Bonchev–Trinajstić information content (AvgIpc) is 3.23. The zero-order valence-electron chi connectivity index (χ0n) is 17.6. The molecule has 1 amide bonds. The topological polar surface area (TPSA) is 90.0 Å². The Bertz CT molecular complexity index is 1270. The van der Waals surface area contributed by atoms with E-state index in [4.69, 9.17) is 4.52 Å². The maximum atomic E-state index is 13.2. The smallest absolute Gasteiger partial charge is 0.266 e. The van der Waals surface area contributed by atoms with Gasteiger partial charge >= 0.3 is 0 Å². The predicted molar refractivity (Wildman–Crippen MR) is 118 cm³/mol. The summed E-state index contributed by atoms with van der Waals surface area (Å²) in [5.41, 5.74) is 1.81. The first-order valence-corrected chi connectivity index (χ1v) is 10.5. The van der Waals surface area contributed by atoms with E-state index in [9.17, 15) is 14.0 Å². The molecule has 0 unspecified atom stereocenters. The van der Waals surface area contributed by atoms with Crippen molar-refractivity contribution in [2.24, 2.45) is 0 Å². The van der Waals surface area contributed by atoms with Gasteiger partial charge in [-0.25, -0.2) is 9.37 Å². The molecule has 0 saturated heterocycles. The molecule has 0 aliphatic rings. The van der Waals surface area contributed by atoms with Gasteiger partial charge < -0.3 is 9.84 Å². The highest BCUT2D eigenvalue weighted by Gasteiger charge is 2.17. The summed E-state index contributed by atoms with van der Waals surface area (Å²) in [6.07, 6.45) is 3.18. The van der Waals surface area contributed by atoms with Crippen LogP contribution in [0.15, 0.2) is 70.2 Å². The molecule has 0 aliphatic carbocycles. The SMILES string of the molecule is C[C@H](CCc1ccccc1)NC(=O)CCn1cnc2onc(-c3ccc(F)cc3)c2c1=O. The Morgan fingerprint density at radius 3 is 2.66 bits per heavy atom. The standard InChI is InChI=1S/C24H23FN4O3/c1-16(7-8-17-5-3-2-4-6-17)27-20(30)13-14-29-15-26-23-21(24(29)31)22(28-32-23)18-9-11-19(25)12-10-18/h2-6,9-12,15-16H,7-8,13-14H2,1H3,(H,27,30)/t16-/m1/s1. The Morgan fingerprint density at radius 2 is 1.91 bits per heavy atom. The number of hydrogen-bond donors (Lipinski definition) is 1. The van der Waals surface area contributed by atoms with Gasteiger partial charge in [0.05, 0.1) is 0 Å². The summed E-state index contributed by atoms with van der Waals surface area (Å²) in [7, 11) is 0. The number of aryl methyl sites for hydroxylation is 2. The number of carbonyl (C=O) groups is 1. The quantitative estimate of drug-likeness (QED) is 0.457. The van der Waals surface area contributed by atoms with Crippen LogP contribution >= 0.6 is 0 Å². The molecule has 164 valence electrons. The third kappa shape index (κ3) is 4.91. The molecule has 4 aromatic rings. The Hall–Kier alpha value is -3.81. The Balaban J connectivity index is 1.40. The molecule has 0 bridgehead atoms. The summed E-state index contributed by atoms with van der Waals surface area (Å²) in [5.74, 6) is -0.525. The minimum Gasteiger partial charge on any atom is -0.354 e. The predicted octanol–water partition coefficient (Wildman–Crippen LogP) is 3.72. The summed E-state index contributed by atoms with van der Waals surface area (Å²) < 4.78 is 19.8. The summed E-state index contributed by atoms with van der Waals surface area (Å²) in [4.78, 5) is 29.5. The van der Waals surface area contributed by atoms with Crippen molar-refractivity contribution in [3.8, 4) is 11.3 Å². The van der Waals surface area contributed by atoms with Crippen LogP contribution in [-0.4, -0.2) is 26.7 Å². The van der Waals surface area contributed by atoms with Crippen LogP contribution in [0.4, 0.5) is 4.39 Å². The second-order valence-electron chi connectivity index (χ2n) is 7.70. The third-order valence-electron chi connectivity index (χ3n) is 5.28. The van der Waals surface area contributed by atoms with Crippen LogP contribution in [0, 0.1) is 5.82 Å². The number of rotatable bonds is 8. The minimum absolute atomic E-state index is 0.0168. The molecule has 0 spiro atoms. The Labute approximate surface area is 183 Å². The van der Waals surface area contributed by atoms with Gasteiger partial charge in [0, 0.05) is 24.6 Å². The van der Waals surface area contributed by atoms with Gasteiger partial charge in [-0.2, -0.15) is 0 Å². The molecule has 2 heterocycles. The van der Waals surface area contributed by atoms with Crippen LogP contribution < -0.4 is 10.9 Å². The highest BCUT2D eigenvalue weighted by Crippen LogP contribution is 2.24. The highest BCUT2D eigenvalue weighted by molar-refractivity contribution is 5.88. The summed E-state index contributed by atoms with van der Waals surface area (Å²) >= 11 is 0. The molecule has 0 radical (unpaired) electrons. The molecule has 0 fully saturated rings. The van der Waals surface area contributed by atoms with Gasteiger partial charge in [-0.15, -0.1) is 0 Å². The van der Waals surface area contributed by atoms with Gasteiger partial charge in [0.25, 0.3) is 11.3 Å². The lowest BCUT2D eigenvalue weighted by Crippen LogP contribution is -2.34. The summed E-state index contributed by atoms with van der Waals surface area (Å²) in [6, 6.07) is 15.7. The number of aromatic nitrogens is 3. The van der Waals surface area contributed by atoms with Crippen molar-refractivity contribution in [2.45, 2.75) is 38.8 Å². The highest BCUT2D eigenvalue weighted by atomic mass is 19.1. The Morgan fingerprint density at radius 1 is 1.16 bits per heavy atom. The van der Waals surface area contributed by atoms with Gasteiger partial charge in [-0.1, -0.05) is 35.5 Å². The average molecular weight is 434 g/mol. The fraction of sp³-hybridized carbons (Fsp3) is 0.250. The molecule has 8 heteroatoms. The normalized spacial score (nSPS) is 12.1. The van der Waals surface area contributed by atoms with Crippen LogP contribution in [0.3, 0.4) is 0 Å². The van der Waals surface area contributed by atoms with Crippen LogP contribution in [0.2, 0.25) is 0 Å². The van der Waals surface area contributed by atoms with Gasteiger partial charge in [-0.05, 0) is 49.6 Å². The van der Waals surface area contributed by atoms with Crippen molar-refractivity contribution in [2.75, 3.05) is 0 Å². The van der Waals surface area contributed by atoms with E-state index in [2.05, 4.69) is 27.6 Å². The zero-order valence-corrected chi connectivity index (χ0v) is 17.6. The van der Waals surface area contributed by atoms with E-state index in [-0.39, 0.29) is 47.4 Å². The van der Waals surface area contributed by atoms with Gasteiger partial charge in [-0.3, -0.25) is 14.2 Å². The van der Waals surface area contributed by atoms with Crippen LogP contribution in [0.25, 0.3) is 22.4 Å². The van der Waals surface area contributed by atoms with E-state index in [0.717, 1.165) is 12.8 Å². The summed E-state index contributed by atoms with van der Waals surface area (Å²) in [5, 5.41) is 7.10. The lowest BCUT2D eigenvalue weighted by molar-refractivity contribution is -0.121. The van der Waals surface area contributed by atoms with Crippen molar-refractivity contribution in [1.82, 2.24) is 20.0 Å². The van der Waals surface area contributed by atoms with E-state index in [0.29, 0.717) is 11.3 Å². The van der Waals surface area contributed by atoms with Crippen molar-refractivity contribution in [3.05, 3.63) is 82.7 Å². The second-order valence-corrected chi connectivity index (χ2v) is 7.70. The lowest BCUT2D eigenvalue weighted by atomic mass is 10.1. The number of amides is 1. The molecule has 32 heavy (non-hydrogen) atoms. The second kappa shape index (κ2) is 9.55. The third-order valence-corrected chi connectivity index (χ3v) is 5.28. The van der Waals surface area contributed by atoms with Crippen molar-refractivity contribution in [1.29, 1.82) is 0 Å². The number of nitrogens with zero attached hydrogens (tertiary/aromatic N) is 3. The number of fused-ring (bicyclic) bond motifs is 1. The zero-order chi connectivity index (χ0) is 22.5. The molecule has 2 aromatic heterocycles. The molecule has 1 N–H and O–H groups in total. The first-order chi connectivity index (χ1) is 15.5. The van der Waals surface area contributed by atoms with Crippen LogP contribution in [0.1, 0.15) is 25.3 Å². The number of hydrogen-bond acceptors (Lipinski definition) is 5. The lowest BCUT2D eigenvalue weighted by Gasteiger charge is -2.14. The van der Waals surface area contributed by atoms with E-state index < -0.39 is 0 Å². The first kappa shape index (κ1) is 21.4. The molecule has 0 aliphatic heterocycles. The Kier molecular flexibility index (Phi) is 6.39. The van der Waals surface area contributed by atoms with E-state index in [1.165, 1.54) is 40.7 Å². The van der Waals surface area contributed by atoms with Crippen molar-refractivity contribution >= 4 is 17.0 Å². The number of halogens is 1. The maximum Gasteiger partial charge on any atom is 0.266 e. The van der Waals surface area contributed by atoms with E-state index in [1.54, 1.807) is 0 Å². The molecule has 7 nitrogen and oxygen atoms in total. The van der Waals surface area contributed by atoms with Gasteiger partial charge in [0.1, 0.15) is 23.2 Å². The van der Waals surface area contributed by atoms with Gasteiger partial charge in [0.2, 0.25) is 5.91 Å². The maximum absolute atomic E-state index is 13.2. The number of nitrogens with one attached hydrogen (secondary N) is 1. The minimum atomic E-state index is -0.388. The van der Waals surface area contributed by atoms with E-state index >= 15 is 0 Å². The fourth-order valence-electron chi connectivity index (χ4n) is 3.51. The van der Waals surface area contributed by atoms with Crippen LogP contribution in [-0.2, 0) is 17.8 Å². The van der Waals surface area contributed by atoms with Gasteiger partial charge in [0.15, 0.2) is 0 Å². The molecule has 1 atom stereocenters. The van der Waals surface area contributed by atoms with Crippen molar-refractivity contribution < 1.29 is 13.7 Å². The molecular weight excluding hydrogens is 411 g/mol. The largest absolute Gasteiger partial charge is 0.354 e. The number of carbonyl (C=O) groups excluding carboxylic acids is 1.